The van der Waals surface area contributed by atoms with Crippen molar-refractivity contribution in [2.24, 2.45) is 0 Å². The molecule has 2 aliphatic heterocycles. The van der Waals surface area contributed by atoms with E-state index < -0.39 is 10.0 Å². The predicted molar refractivity (Wildman–Crippen MR) is 187 cm³/mol. The number of halogens is 2. The highest BCUT2D eigenvalue weighted by atomic mass is 35.5. The fraction of sp³-hybridized carbons (Fsp3) is 0.484. The van der Waals surface area contributed by atoms with Crippen molar-refractivity contribution in [2.75, 3.05) is 81.0 Å². The van der Waals surface area contributed by atoms with Gasteiger partial charge < -0.3 is 29.9 Å². The molecule has 2 saturated heterocycles. The smallest absolute Gasteiger partial charge is 0.229 e. The SMILES string of the molecule is COc1ccc(NS(C)(=O)=O)c(Nc2nc(Nc3cc(Cl)c(N4CCC(N5CCCC(N(C)C)C5)CC4)cc3OC)ncc2Cl)c1. The Balaban J connectivity index is 1.31. The normalized spacial score (nSPS) is 18.0. The van der Waals surface area contributed by atoms with Crippen LogP contribution in [0.3, 0.4) is 0 Å². The van der Waals surface area contributed by atoms with Gasteiger partial charge in [-0.3, -0.25) is 9.62 Å². The van der Waals surface area contributed by atoms with Gasteiger partial charge in [-0.1, -0.05) is 23.2 Å². The summed E-state index contributed by atoms with van der Waals surface area (Å²) in [4.78, 5) is 16.2. The van der Waals surface area contributed by atoms with E-state index in [1.54, 1.807) is 25.3 Å². The number of methoxy groups -OCH3 is 2. The van der Waals surface area contributed by atoms with Crippen molar-refractivity contribution < 1.29 is 17.9 Å². The molecule has 1 atom stereocenters. The van der Waals surface area contributed by atoms with Crippen molar-refractivity contribution in [3.05, 3.63) is 46.6 Å². The zero-order chi connectivity index (χ0) is 33.0. The summed E-state index contributed by atoms with van der Waals surface area (Å²) in [5.74, 6) is 1.58. The Bertz CT molecular complexity index is 1640. The second-order valence-corrected chi connectivity index (χ2v) is 14.5. The highest BCUT2D eigenvalue weighted by Gasteiger charge is 2.30. The molecule has 1 unspecified atom stereocenters. The van der Waals surface area contributed by atoms with Crippen LogP contribution >= 0.6 is 23.2 Å². The van der Waals surface area contributed by atoms with Gasteiger partial charge in [0.15, 0.2) is 5.82 Å². The Morgan fingerprint density at radius 1 is 0.935 bits per heavy atom. The van der Waals surface area contributed by atoms with Gasteiger partial charge in [-0.2, -0.15) is 4.98 Å². The van der Waals surface area contributed by atoms with Crippen LogP contribution in [0.25, 0.3) is 0 Å². The molecule has 0 bridgehead atoms. The first-order chi connectivity index (χ1) is 21.9. The van der Waals surface area contributed by atoms with Gasteiger partial charge >= 0.3 is 0 Å². The maximum Gasteiger partial charge on any atom is 0.229 e. The number of aromatic nitrogens is 2. The van der Waals surface area contributed by atoms with E-state index in [4.69, 9.17) is 32.7 Å². The van der Waals surface area contributed by atoms with Gasteiger partial charge in [0.05, 0.1) is 54.4 Å². The van der Waals surface area contributed by atoms with Crippen LogP contribution in [0.2, 0.25) is 10.0 Å². The van der Waals surface area contributed by atoms with Crippen LogP contribution in [0.15, 0.2) is 36.5 Å². The molecule has 12 nitrogen and oxygen atoms in total. The number of nitrogens with one attached hydrogen (secondary N) is 3. The number of anilines is 6. The molecule has 3 N–H and O–H groups in total. The lowest BCUT2D eigenvalue weighted by Crippen LogP contribution is -2.52. The molecule has 250 valence electrons. The number of ether oxygens (including phenoxy) is 2. The van der Waals surface area contributed by atoms with E-state index in [9.17, 15) is 8.42 Å². The standard InChI is InChI=1S/C31H42Cl2N8O4S/c1-39(2)21-7-6-12-41(19-21)20-10-13-40(14-11-20)28-17-29(45-4)27(16-23(28)32)36-31-34-18-24(33)30(37-31)35-26-15-22(44-3)8-9-25(26)38-46(5,42)43/h8-9,15-18,20-21,38H,6-7,10-14,19H2,1-5H3,(H2,34,35,36,37). The van der Waals surface area contributed by atoms with E-state index in [1.165, 1.54) is 32.7 Å². The summed E-state index contributed by atoms with van der Waals surface area (Å²) < 4.78 is 37.5. The maximum atomic E-state index is 11.9. The van der Waals surface area contributed by atoms with Crippen molar-refractivity contribution in [1.29, 1.82) is 0 Å². The molecule has 5 rings (SSSR count). The lowest BCUT2D eigenvalue weighted by atomic mass is 9.97. The van der Waals surface area contributed by atoms with E-state index in [2.05, 4.69) is 54.1 Å². The van der Waals surface area contributed by atoms with Gasteiger partial charge in [0.1, 0.15) is 16.5 Å². The summed E-state index contributed by atoms with van der Waals surface area (Å²) in [5, 5.41) is 7.10. The quantitative estimate of drug-likeness (QED) is 0.231. The second kappa shape index (κ2) is 14.7. The molecule has 15 heteroatoms. The number of hydrogen-bond acceptors (Lipinski definition) is 11. The number of sulfonamides is 1. The molecule has 0 spiro atoms. The van der Waals surface area contributed by atoms with Crippen molar-refractivity contribution in [1.82, 2.24) is 19.8 Å². The average molecular weight is 694 g/mol. The molecule has 1 aromatic heterocycles. The fourth-order valence-electron chi connectivity index (χ4n) is 6.07. The van der Waals surface area contributed by atoms with Crippen LogP contribution in [0.1, 0.15) is 25.7 Å². The molecule has 0 amide bonds. The predicted octanol–water partition coefficient (Wildman–Crippen LogP) is 5.65. The molecule has 2 aromatic carbocycles. The van der Waals surface area contributed by atoms with Crippen LogP contribution in [0.4, 0.5) is 34.5 Å². The summed E-state index contributed by atoms with van der Waals surface area (Å²) in [5.41, 5.74) is 2.20. The van der Waals surface area contributed by atoms with E-state index in [0.29, 0.717) is 45.7 Å². The second-order valence-electron chi connectivity index (χ2n) is 11.9. The molecule has 3 heterocycles. The van der Waals surface area contributed by atoms with E-state index >= 15 is 0 Å². The van der Waals surface area contributed by atoms with Gasteiger partial charge in [0.2, 0.25) is 16.0 Å². The largest absolute Gasteiger partial charge is 0.497 e. The Kier molecular flexibility index (Phi) is 10.9. The lowest BCUT2D eigenvalue weighted by molar-refractivity contribution is 0.0846. The van der Waals surface area contributed by atoms with Crippen molar-refractivity contribution >= 4 is 67.7 Å². The molecule has 0 aliphatic carbocycles. The first-order valence-electron chi connectivity index (χ1n) is 15.2. The number of piperidine rings is 2. The third kappa shape index (κ3) is 8.37. The molecule has 46 heavy (non-hydrogen) atoms. The summed E-state index contributed by atoms with van der Waals surface area (Å²) in [6, 6.07) is 9.83. The van der Waals surface area contributed by atoms with Gasteiger partial charge in [0.25, 0.3) is 0 Å². The zero-order valence-electron chi connectivity index (χ0n) is 26.8. The number of likely N-dealkylation sites (N-methyl/N-ethyl adjacent to an activating group) is 1. The monoisotopic (exact) mass is 692 g/mol. The van der Waals surface area contributed by atoms with E-state index in [0.717, 1.165) is 44.4 Å². The summed E-state index contributed by atoms with van der Waals surface area (Å²) in [6.45, 7) is 4.14. The number of rotatable bonds is 11. The fourth-order valence-corrected chi connectivity index (χ4v) is 7.06. The third-order valence-electron chi connectivity index (χ3n) is 8.51. The first kappa shape index (κ1) is 34.1. The molecule has 2 fully saturated rings. The Labute approximate surface area is 281 Å². The Morgan fingerprint density at radius 2 is 1.70 bits per heavy atom. The summed E-state index contributed by atoms with van der Waals surface area (Å²) >= 11 is 13.3. The summed E-state index contributed by atoms with van der Waals surface area (Å²) in [6.07, 6.45) is 7.20. The molecular formula is C31H42Cl2N8O4S. The van der Waals surface area contributed by atoms with Gasteiger partial charge in [-0.05, 0) is 64.5 Å². The van der Waals surface area contributed by atoms with Gasteiger partial charge in [-0.15, -0.1) is 0 Å². The van der Waals surface area contributed by atoms with Gasteiger partial charge in [-0.25, -0.2) is 13.4 Å². The highest BCUT2D eigenvalue weighted by Crippen LogP contribution is 2.40. The van der Waals surface area contributed by atoms with Crippen molar-refractivity contribution in [3.63, 3.8) is 0 Å². The highest BCUT2D eigenvalue weighted by molar-refractivity contribution is 7.92. The van der Waals surface area contributed by atoms with Crippen molar-refractivity contribution in [2.45, 2.75) is 37.8 Å². The Hall–Kier alpha value is -3.23. The number of nitrogens with zero attached hydrogens (tertiary/aromatic N) is 5. The number of likely N-dealkylation sites (tertiary alicyclic amines) is 1. The zero-order valence-corrected chi connectivity index (χ0v) is 29.1. The third-order valence-corrected chi connectivity index (χ3v) is 9.68. The van der Waals surface area contributed by atoms with Crippen LogP contribution in [0.5, 0.6) is 11.5 Å². The van der Waals surface area contributed by atoms with E-state index in [1.807, 2.05) is 12.1 Å². The van der Waals surface area contributed by atoms with Crippen LogP contribution in [-0.4, -0.2) is 101 Å². The minimum Gasteiger partial charge on any atom is -0.497 e. The van der Waals surface area contributed by atoms with E-state index in [-0.39, 0.29) is 16.8 Å². The number of hydrogen-bond donors (Lipinski definition) is 3. The number of benzene rings is 2. The minimum atomic E-state index is -3.55. The lowest BCUT2D eigenvalue weighted by Gasteiger charge is -2.44. The van der Waals surface area contributed by atoms with Crippen LogP contribution < -0.4 is 29.7 Å². The maximum absolute atomic E-state index is 11.9. The molecular weight excluding hydrogens is 651 g/mol. The van der Waals surface area contributed by atoms with Crippen molar-refractivity contribution in [3.8, 4) is 11.5 Å². The van der Waals surface area contributed by atoms with Crippen LogP contribution in [-0.2, 0) is 10.0 Å². The molecule has 0 radical (unpaired) electrons. The molecule has 2 aliphatic rings. The average Bonchev–Trinajstić information content (AvgIpc) is 3.03. The van der Waals surface area contributed by atoms with Crippen LogP contribution in [0, 0.1) is 0 Å². The topological polar surface area (TPSA) is 124 Å². The first-order valence-corrected chi connectivity index (χ1v) is 17.8. The Morgan fingerprint density at radius 3 is 2.37 bits per heavy atom. The summed E-state index contributed by atoms with van der Waals surface area (Å²) in [7, 11) is 3.94. The minimum absolute atomic E-state index is 0.226. The molecule has 3 aromatic rings. The van der Waals surface area contributed by atoms with Gasteiger partial charge in [0, 0.05) is 43.9 Å². The molecule has 0 saturated carbocycles.